The van der Waals surface area contributed by atoms with E-state index in [0.717, 1.165) is 22.2 Å². The summed E-state index contributed by atoms with van der Waals surface area (Å²) in [6.45, 7) is 8.31. The van der Waals surface area contributed by atoms with E-state index in [-0.39, 0.29) is 12.3 Å². The number of hydrogen-bond acceptors (Lipinski definition) is 5. The summed E-state index contributed by atoms with van der Waals surface area (Å²) in [7, 11) is 1.58. The molecule has 4 rings (SSSR count). The molecule has 0 saturated heterocycles. The minimum atomic E-state index is -0.655. The Hall–Kier alpha value is -2.87. The van der Waals surface area contributed by atoms with Crippen LogP contribution < -0.4 is 16.1 Å². The molecule has 0 aliphatic carbocycles. The average Bonchev–Trinajstić information content (AvgIpc) is 3.10. The molecule has 0 N–H and O–H groups in total. The number of ketones is 1. The zero-order valence-corrected chi connectivity index (χ0v) is 19.2. The van der Waals surface area contributed by atoms with E-state index in [0.29, 0.717) is 35.2 Å². The number of aromatic nitrogens is 4. The number of hydrogen-bond donors (Lipinski definition) is 0. The fourth-order valence-electron chi connectivity index (χ4n) is 3.78. The predicted octanol–water partition coefficient (Wildman–Crippen LogP) is 3.02. The summed E-state index contributed by atoms with van der Waals surface area (Å²) in [4.78, 5) is 45.5. The van der Waals surface area contributed by atoms with E-state index in [1.165, 1.54) is 4.57 Å². The van der Waals surface area contributed by atoms with Gasteiger partial charge in [-0.1, -0.05) is 38.4 Å². The van der Waals surface area contributed by atoms with Crippen LogP contribution in [0.4, 0.5) is 11.6 Å². The fraction of sp³-hybridized carbons (Fsp3) is 0.455. The highest BCUT2D eigenvalue weighted by atomic mass is 35.5. The van der Waals surface area contributed by atoms with Crippen LogP contribution in [-0.2, 0) is 24.9 Å². The van der Waals surface area contributed by atoms with Crippen molar-refractivity contribution in [3.8, 4) is 0 Å². The zero-order valence-electron chi connectivity index (χ0n) is 18.4. The van der Waals surface area contributed by atoms with Gasteiger partial charge in [-0.2, -0.15) is 4.98 Å². The summed E-state index contributed by atoms with van der Waals surface area (Å²) in [5, 5.41) is 0.654. The molecule has 0 spiro atoms. The van der Waals surface area contributed by atoms with Gasteiger partial charge in [0.15, 0.2) is 16.9 Å². The van der Waals surface area contributed by atoms with Crippen molar-refractivity contribution in [1.82, 2.24) is 18.7 Å². The lowest BCUT2D eigenvalue weighted by Crippen LogP contribution is -2.43. The van der Waals surface area contributed by atoms with Crippen LogP contribution in [0.1, 0.15) is 32.8 Å². The summed E-state index contributed by atoms with van der Waals surface area (Å²) >= 11 is 6.33. The van der Waals surface area contributed by atoms with E-state index >= 15 is 0 Å². The van der Waals surface area contributed by atoms with Gasteiger partial charge in [0.1, 0.15) is 0 Å². The number of fused-ring (bicyclic) bond motifs is 3. The molecule has 9 heteroatoms. The average molecular weight is 444 g/mol. The van der Waals surface area contributed by atoms with E-state index in [1.54, 1.807) is 27.8 Å². The lowest BCUT2D eigenvalue weighted by molar-refractivity contribution is -0.127. The lowest BCUT2D eigenvalue weighted by Gasteiger charge is -2.29. The van der Waals surface area contributed by atoms with E-state index < -0.39 is 16.7 Å². The Morgan fingerprint density at radius 2 is 1.90 bits per heavy atom. The third-order valence-electron chi connectivity index (χ3n) is 5.82. The first-order valence-corrected chi connectivity index (χ1v) is 10.7. The molecule has 3 aromatic rings. The van der Waals surface area contributed by atoms with Gasteiger partial charge >= 0.3 is 5.69 Å². The molecule has 3 heterocycles. The van der Waals surface area contributed by atoms with Crippen molar-refractivity contribution >= 4 is 40.2 Å². The van der Waals surface area contributed by atoms with Gasteiger partial charge in [-0.25, -0.2) is 4.79 Å². The Bertz CT molecular complexity index is 1330. The summed E-state index contributed by atoms with van der Waals surface area (Å²) in [5.41, 5.74) is 0.812. The maximum Gasteiger partial charge on any atom is 0.332 e. The maximum absolute atomic E-state index is 13.3. The minimum Gasteiger partial charge on any atom is -0.312 e. The van der Waals surface area contributed by atoms with Crippen molar-refractivity contribution in [1.29, 1.82) is 0 Å². The first-order valence-electron chi connectivity index (χ1n) is 10.3. The fourth-order valence-corrected chi connectivity index (χ4v) is 3.95. The van der Waals surface area contributed by atoms with Gasteiger partial charge in [-0.05, 0) is 31.0 Å². The Kier molecular flexibility index (Phi) is 5.08. The monoisotopic (exact) mass is 443 g/mol. The molecule has 31 heavy (non-hydrogen) atoms. The Balaban J connectivity index is 1.92. The number of Topliss-reactive ketones (excluding diaryl/α,β-unsaturated/α-hetero) is 1. The van der Waals surface area contributed by atoms with Crippen LogP contribution >= 0.6 is 11.6 Å². The maximum atomic E-state index is 13.3. The van der Waals surface area contributed by atoms with Gasteiger partial charge in [0.2, 0.25) is 5.95 Å². The molecular formula is C22H26ClN5O3. The third kappa shape index (κ3) is 3.48. The van der Waals surface area contributed by atoms with Crippen molar-refractivity contribution in [3.05, 3.63) is 49.6 Å². The van der Waals surface area contributed by atoms with Crippen LogP contribution in [0, 0.1) is 12.3 Å². The van der Waals surface area contributed by atoms with Crippen molar-refractivity contribution in [2.24, 2.45) is 12.5 Å². The number of aryl methyl sites for hydroxylation is 3. The van der Waals surface area contributed by atoms with Gasteiger partial charge < -0.3 is 9.47 Å². The molecule has 1 aliphatic heterocycles. The Morgan fingerprint density at radius 3 is 2.55 bits per heavy atom. The largest absolute Gasteiger partial charge is 0.332 e. The Morgan fingerprint density at radius 1 is 1.19 bits per heavy atom. The van der Waals surface area contributed by atoms with Crippen LogP contribution in [0.15, 0.2) is 27.8 Å². The summed E-state index contributed by atoms with van der Waals surface area (Å²) < 4.78 is 4.21. The molecule has 0 fully saturated rings. The normalized spacial score (nSPS) is 14.2. The van der Waals surface area contributed by atoms with E-state index in [4.69, 9.17) is 11.6 Å². The number of nitrogens with zero attached hydrogens (tertiary/aromatic N) is 5. The summed E-state index contributed by atoms with van der Waals surface area (Å²) in [6.07, 6.45) is 0.799. The second-order valence-electron chi connectivity index (χ2n) is 9.08. The molecule has 0 amide bonds. The topological polar surface area (TPSA) is 82.1 Å². The third-order valence-corrected chi connectivity index (χ3v) is 6.23. The van der Waals surface area contributed by atoms with Gasteiger partial charge in [0.25, 0.3) is 5.56 Å². The highest BCUT2D eigenvalue weighted by molar-refractivity contribution is 6.31. The van der Waals surface area contributed by atoms with Crippen molar-refractivity contribution in [3.63, 3.8) is 0 Å². The molecule has 0 saturated carbocycles. The number of carbonyl (C=O) groups is 1. The van der Waals surface area contributed by atoms with Crippen LogP contribution in [-0.4, -0.2) is 31.0 Å². The number of rotatable bonds is 3. The molecule has 1 aliphatic rings. The second kappa shape index (κ2) is 7.37. The quantitative estimate of drug-likeness (QED) is 0.621. The molecule has 0 unspecified atom stereocenters. The second-order valence-corrected chi connectivity index (χ2v) is 9.49. The molecule has 2 aromatic heterocycles. The number of benzene rings is 1. The molecule has 8 nitrogen and oxygen atoms in total. The predicted molar refractivity (Wildman–Crippen MR) is 122 cm³/mol. The van der Waals surface area contributed by atoms with Crippen LogP contribution in [0.5, 0.6) is 0 Å². The van der Waals surface area contributed by atoms with Gasteiger partial charge in [0.05, 0.1) is 6.54 Å². The van der Waals surface area contributed by atoms with Crippen molar-refractivity contribution in [2.75, 3.05) is 11.4 Å². The van der Waals surface area contributed by atoms with Crippen molar-refractivity contribution < 1.29 is 4.79 Å². The standard InChI is InChI=1S/C22H26ClN5O3/c1-13-7-8-14(11-15(13)23)26-9-6-10-27-17-18(24-20(26)27)25(5)21(31)28(19(17)30)12-16(29)22(2,3)4/h7-8,11H,6,9-10,12H2,1-5H3. The van der Waals surface area contributed by atoms with E-state index in [9.17, 15) is 14.4 Å². The zero-order chi connectivity index (χ0) is 22.7. The molecule has 0 bridgehead atoms. The van der Waals surface area contributed by atoms with Gasteiger partial charge in [0, 0.05) is 36.3 Å². The number of halogens is 1. The van der Waals surface area contributed by atoms with E-state index in [2.05, 4.69) is 4.98 Å². The lowest BCUT2D eigenvalue weighted by atomic mass is 9.91. The smallest absolute Gasteiger partial charge is 0.312 e. The number of carbonyl (C=O) groups excluding carboxylic acids is 1. The number of imidazole rings is 1. The Labute approximate surface area is 184 Å². The molecule has 0 radical (unpaired) electrons. The molecule has 0 atom stereocenters. The first-order chi connectivity index (χ1) is 14.5. The molecular weight excluding hydrogens is 418 g/mol. The highest BCUT2D eigenvalue weighted by Crippen LogP contribution is 2.33. The number of anilines is 2. The highest BCUT2D eigenvalue weighted by Gasteiger charge is 2.29. The van der Waals surface area contributed by atoms with Crippen LogP contribution in [0.2, 0.25) is 5.02 Å². The first kappa shape index (κ1) is 21.4. The van der Waals surface area contributed by atoms with Crippen LogP contribution in [0.3, 0.4) is 0 Å². The SMILES string of the molecule is Cc1ccc(N2CCCn3c2nc2c3c(=O)n(CC(=O)C(C)(C)C)c(=O)n2C)cc1Cl. The summed E-state index contributed by atoms with van der Waals surface area (Å²) in [5.74, 6) is 0.411. The summed E-state index contributed by atoms with van der Waals surface area (Å²) in [6, 6.07) is 5.79. The molecule has 164 valence electrons. The van der Waals surface area contributed by atoms with Crippen molar-refractivity contribution in [2.45, 2.75) is 47.2 Å². The minimum absolute atomic E-state index is 0.180. The molecule has 1 aromatic carbocycles. The van der Waals surface area contributed by atoms with Gasteiger partial charge in [-0.15, -0.1) is 0 Å². The van der Waals surface area contributed by atoms with Gasteiger partial charge in [-0.3, -0.25) is 18.7 Å². The van der Waals surface area contributed by atoms with Crippen LogP contribution in [0.25, 0.3) is 11.2 Å². The van der Waals surface area contributed by atoms with E-state index in [1.807, 2.05) is 34.6 Å².